The molecule has 0 fully saturated rings. The first kappa shape index (κ1) is 17.2. The van der Waals surface area contributed by atoms with Gasteiger partial charge in [0.1, 0.15) is 0 Å². The van der Waals surface area contributed by atoms with Crippen molar-refractivity contribution in [2.75, 3.05) is 5.32 Å². The fraction of sp³-hybridized carbons (Fsp3) is 0.429. The summed E-state index contributed by atoms with van der Waals surface area (Å²) in [5, 5.41) is 12.7. The normalized spacial score (nSPS) is 11.2. The Kier molecular flexibility index (Phi) is 6.26. The molecular formula is C14H17ClINO3. The van der Waals surface area contributed by atoms with Crippen LogP contribution in [0.15, 0.2) is 18.2 Å². The Hall–Kier alpha value is -0.820. The molecule has 4 nitrogen and oxygen atoms in total. The van der Waals surface area contributed by atoms with E-state index < -0.39 is 11.4 Å². The summed E-state index contributed by atoms with van der Waals surface area (Å²) in [4.78, 5) is 23.5. The third-order valence-corrected chi connectivity index (χ3v) is 4.64. The minimum Gasteiger partial charge on any atom is -0.481 e. The molecule has 0 aliphatic carbocycles. The Morgan fingerprint density at radius 3 is 2.40 bits per heavy atom. The lowest BCUT2D eigenvalue weighted by Crippen LogP contribution is -2.34. The summed E-state index contributed by atoms with van der Waals surface area (Å²) in [7, 11) is 0. The molecule has 1 aromatic rings. The molecule has 0 saturated carbocycles. The smallest absolute Gasteiger partial charge is 0.310 e. The number of carbonyl (C=O) groups is 2. The molecular weight excluding hydrogens is 393 g/mol. The first-order valence-electron chi connectivity index (χ1n) is 6.33. The van der Waals surface area contributed by atoms with Gasteiger partial charge in [0.15, 0.2) is 0 Å². The van der Waals surface area contributed by atoms with E-state index in [0.29, 0.717) is 23.6 Å². The molecule has 0 aliphatic rings. The van der Waals surface area contributed by atoms with E-state index >= 15 is 0 Å². The summed E-state index contributed by atoms with van der Waals surface area (Å²) in [6, 6.07) is 5.13. The van der Waals surface area contributed by atoms with Crippen LogP contribution in [0.1, 0.15) is 33.1 Å². The number of hydrogen-bond acceptors (Lipinski definition) is 2. The summed E-state index contributed by atoms with van der Waals surface area (Å²) in [6.07, 6.45) is 0.808. The number of carbonyl (C=O) groups excluding carboxylic acids is 1. The lowest BCUT2D eigenvalue weighted by molar-refractivity contribution is -0.151. The van der Waals surface area contributed by atoms with E-state index in [-0.39, 0.29) is 12.3 Å². The van der Waals surface area contributed by atoms with Gasteiger partial charge in [-0.2, -0.15) is 0 Å². The van der Waals surface area contributed by atoms with Crippen molar-refractivity contribution in [1.82, 2.24) is 0 Å². The molecule has 1 rings (SSSR count). The standard InChI is InChI=1S/C14H17ClINO3/c1-3-14(4-2,13(19)20)8-12(18)17-11-6-5-9(15)7-10(11)16/h5-7H,3-4,8H2,1-2H3,(H,17,18)(H,19,20). The molecule has 6 heteroatoms. The van der Waals surface area contributed by atoms with Crippen molar-refractivity contribution in [3.05, 3.63) is 26.8 Å². The molecule has 0 spiro atoms. The van der Waals surface area contributed by atoms with Crippen molar-refractivity contribution in [3.8, 4) is 0 Å². The lowest BCUT2D eigenvalue weighted by atomic mass is 9.79. The molecule has 0 heterocycles. The van der Waals surface area contributed by atoms with Crippen LogP contribution in [0.3, 0.4) is 0 Å². The third-order valence-electron chi connectivity index (χ3n) is 3.51. The highest BCUT2D eigenvalue weighted by molar-refractivity contribution is 14.1. The summed E-state index contributed by atoms with van der Waals surface area (Å²) >= 11 is 7.92. The number of carboxylic acids is 1. The van der Waals surface area contributed by atoms with Gasteiger partial charge in [0, 0.05) is 15.0 Å². The van der Waals surface area contributed by atoms with Crippen LogP contribution in [0.4, 0.5) is 5.69 Å². The largest absolute Gasteiger partial charge is 0.481 e. The Balaban J connectivity index is 2.83. The SMILES string of the molecule is CCC(CC)(CC(=O)Nc1ccc(Cl)cc1I)C(=O)O. The maximum absolute atomic E-state index is 12.1. The Bertz CT molecular complexity index is 515. The predicted molar refractivity (Wildman–Crippen MR) is 88.1 cm³/mol. The Labute approximate surface area is 137 Å². The maximum atomic E-state index is 12.1. The van der Waals surface area contributed by atoms with Crippen LogP contribution in [-0.2, 0) is 9.59 Å². The van der Waals surface area contributed by atoms with Crippen molar-refractivity contribution in [1.29, 1.82) is 0 Å². The summed E-state index contributed by atoms with van der Waals surface area (Å²) in [5.41, 5.74) is -0.353. The number of hydrogen-bond donors (Lipinski definition) is 2. The molecule has 0 aromatic heterocycles. The third kappa shape index (κ3) is 4.09. The topological polar surface area (TPSA) is 66.4 Å². The number of benzene rings is 1. The Morgan fingerprint density at radius 1 is 1.35 bits per heavy atom. The van der Waals surface area contributed by atoms with Crippen LogP contribution >= 0.6 is 34.2 Å². The van der Waals surface area contributed by atoms with Gasteiger partial charge in [-0.25, -0.2) is 0 Å². The van der Waals surface area contributed by atoms with Crippen LogP contribution in [0.5, 0.6) is 0 Å². The number of amides is 1. The number of anilines is 1. The zero-order chi connectivity index (χ0) is 15.3. The van der Waals surface area contributed by atoms with E-state index in [4.69, 9.17) is 11.6 Å². The van der Waals surface area contributed by atoms with Gasteiger partial charge in [-0.05, 0) is 53.6 Å². The quantitative estimate of drug-likeness (QED) is 0.693. The molecule has 0 unspecified atom stereocenters. The van der Waals surface area contributed by atoms with Gasteiger partial charge in [0.05, 0.1) is 11.1 Å². The number of aliphatic carboxylic acids is 1. The highest BCUT2D eigenvalue weighted by Gasteiger charge is 2.37. The van der Waals surface area contributed by atoms with E-state index in [1.807, 2.05) is 0 Å². The summed E-state index contributed by atoms with van der Waals surface area (Å²) in [6.45, 7) is 3.58. The van der Waals surface area contributed by atoms with Gasteiger partial charge in [0.25, 0.3) is 0 Å². The number of carboxylic acid groups (broad SMARTS) is 1. The molecule has 0 bridgehead atoms. The molecule has 0 aliphatic heterocycles. The fourth-order valence-electron chi connectivity index (χ4n) is 1.97. The van der Waals surface area contributed by atoms with Crippen LogP contribution < -0.4 is 5.32 Å². The number of halogens is 2. The van der Waals surface area contributed by atoms with Crippen molar-refractivity contribution < 1.29 is 14.7 Å². The lowest BCUT2D eigenvalue weighted by Gasteiger charge is -2.25. The van der Waals surface area contributed by atoms with Gasteiger partial charge in [-0.3, -0.25) is 9.59 Å². The number of nitrogens with one attached hydrogen (secondary N) is 1. The zero-order valence-electron chi connectivity index (χ0n) is 11.4. The average molecular weight is 410 g/mol. The van der Waals surface area contributed by atoms with Gasteiger partial charge in [-0.15, -0.1) is 0 Å². The van der Waals surface area contributed by atoms with Crippen molar-refractivity contribution in [2.24, 2.45) is 5.41 Å². The van der Waals surface area contributed by atoms with Gasteiger partial charge >= 0.3 is 5.97 Å². The van der Waals surface area contributed by atoms with Gasteiger partial charge in [0.2, 0.25) is 5.91 Å². The second kappa shape index (κ2) is 7.26. The van der Waals surface area contributed by atoms with Crippen LogP contribution in [0, 0.1) is 8.99 Å². The Morgan fingerprint density at radius 2 is 1.95 bits per heavy atom. The molecule has 0 atom stereocenters. The molecule has 0 radical (unpaired) electrons. The molecule has 20 heavy (non-hydrogen) atoms. The van der Waals surface area contributed by atoms with E-state index in [0.717, 1.165) is 3.57 Å². The molecule has 1 aromatic carbocycles. The predicted octanol–water partition coefficient (Wildman–Crippen LogP) is 4.16. The first-order chi connectivity index (χ1) is 9.34. The molecule has 110 valence electrons. The minimum absolute atomic E-state index is 0.0337. The molecule has 1 amide bonds. The second-order valence-electron chi connectivity index (χ2n) is 4.64. The zero-order valence-corrected chi connectivity index (χ0v) is 14.3. The summed E-state index contributed by atoms with van der Waals surface area (Å²) in [5.74, 6) is -1.22. The number of rotatable bonds is 6. The van der Waals surface area contributed by atoms with E-state index in [1.54, 1.807) is 32.0 Å². The van der Waals surface area contributed by atoms with Crippen molar-refractivity contribution in [2.45, 2.75) is 33.1 Å². The van der Waals surface area contributed by atoms with Crippen LogP contribution in [0.25, 0.3) is 0 Å². The highest BCUT2D eigenvalue weighted by atomic mass is 127. The van der Waals surface area contributed by atoms with Crippen molar-refractivity contribution >= 4 is 51.8 Å². The average Bonchev–Trinajstić information content (AvgIpc) is 2.39. The molecule has 0 saturated heterocycles. The van der Waals surface area contributed by atoms with Gasteiger partial charge < -0.3 is 10.4 Å². The first-order valence-corrected chi connectivity index (χ1v) is 7.78. The van der Waals surface area contributed by atoms with E-state index in [9.17, 15) is 14.7 Å². The molecule has 2 N–H and O–H groups in total. The monoisotopic (exact) mass is 409 g/mol. The summed E-state index contributed by atoms with van der Waals surface area (Å²) < 4.78 is 0.817. The minimum atomic E-state index is -0.998. The van der Waals surface area contributed by atoms with Crippen LogP contribution in [0.2, 0.25) is 5.02 Å². The van der Waals surface area contributed by atoms with E-state index in [2.05, 4.69) is 27.9 Å². The highest BCUT2D eigenvalue weighted by Crippen LogP contribution is 2.32. The van der Waals surface area contributed by atoms with Crippen LogP contribution in [-0.4, -0.2) is 17.0 Å². The maximum Gasteiger partial charge on any atom is 0.310 e. The second-order valence-corrected chi connectivity index (χ2v) is 6.24. The van der Waals surface area contributed by atoms with Gasteiger partial charge in [-0.1, -0.05) is 25.4 Å². The van der Waals surface area contributed by atoms with E-state index in [1.165, 1.54) is 0 Å². The van der Waals surface area contributed by atoms with Crippen molar-refractivity contribution in [3.63, 3.8) is 0 Å². The fourth-order valence-corrected chi connectivity index (χ4v) is 2.98.